The fraction of sp³-hybridized carbons (Fsp3) is 0.136. The van der Waals surface area contributed by atoms with E-state index in [0.717, 1.165) is 29.1 Å². The van der Waals surface area contributed by atoms with Crippen molar-refractivity contribution in [1.29, 1.82) is 0 Å². The molecule has 0 aromatic heterocycles. The maximum Gasteiger partial charge on any atom is 0.129 e. The van der Waals surface area contributed by atoms with Crippen molar-refractivity contribution in [2.45, 2.75) is 19.4 Å². The predicted octanol–water partition coefficient (Wildman–Crippen LogP) is 5.34. The number of para-hydroxylation sites is 1. The lowest BCUT2D eigenvalue weighted by Gasteiger charge is -2.27. The van der Waals surface area contributed by atoms with Crippen molar-refractivity contribution in [1.82, 2.24) is 0 Å². The minimum Gasteiger partial charge on any atom is -0.485 e. The maximum atomic E-state index is 6.21. The largest absolute Gasteiger partial charge is 0.485 e. The number of aryl methyl sites for hydroxylation is 1. The van der Waals surface area contributed by atoms with Crippen molar-refractivity contribution in [2.24, 2.45) is 5.10 Å². The molecule has 0 saturated carbocycles. The van der Waals surface area contributed by atoms with Crippen LogP contribution in [0.3, 0.4) is 0 Å². The summed E-state index contributed by atoms with van der Waals surface area (Å²) in [6.45, 7) is 2.08. The molecule has 1 N–H and O–H groups in total. The Kier molecular flexibility index (Phi) is 4.21. The van der Waals surface area contributed by atoms with E-state index in [1.54, 1.807) is 0 Å². The first kappa shape index (κ1) is 15.5. The number of benzene rings is 3. The number of anilines is 1. The number of nitrogens with zero attached hydrogens (tertiary/aromatic N) is 1. The fourth-order valence-electron chi connectivity index (χ4n) is 3.09. The second-order valence-electron chi connectivity index (χ2n) is 6.26. The van der Waals surface area contributed by atoms with Gasteiger partial charge in [0.05, 0.1) is 11.4 Å². The van der Waals surface area contributed by atoms with Gasteiger partial charge in [-0.3, -0.25) is 5.43 Å². The fourth-order valence-corrected chi connectivity index (χ4v) is 3.09. The summed E-state index contributed by atoms with van der Waals surface area (Å²) in [5.41, 5.74) is 8.63. The highest BCUT2D eigenvalue weighted by molar-refractivity contribution is 6.04. The van der Waals surface area contributed by atoms with Crippen LogP contribution in [-0.2, 0) is 0 Å². The van der Waals surface area contributed by atoms with Gasteiger partial charge in [-0.1, -0.05) is 54.6 Å². The first-order chi connectivity index (χ1) is 12.3. The van der Waals surface area contributed by atoms with E-state index in [4.69, 9.17) is 9.84 Å². The summed E-state index contributed by atoms with van der Waals surface area (Å²) in [4.78, 5) is 0. The lowest BCUT2D eigenvalue weighted by Crippen LogP contribution is -2.21. The summed E-state index contributed by atoms with van der Waals surface area (Å²) in [6.07, 6.45) is 0.717. The number of nitrogens with one attached hydrogen (secondary N) is 1. The molecule has 1 unspecified atom stereocenters. The third kappa shape index (κ3) is 3.41. The molecule has 124 valence electrons. The van der Waals surface area contributed by atoms with Crippen LogP contribution in [0.1, 0.15) is 29.2 Å². The van der Waals surface area contributed by atoms with Crippen molar-refractivity contribution >= 4 is 11.4 Å². The highest BCUT2D eigenvalue weighted by Crippen LogP contribution is 2.35. The number of ether oxygens (including phenoxy) is 1. The molecule has 1 aliphatic heterocycles. The van der Waals surface area contributed by atoms with Gasteiger partial charge in [0.1, 0.15) is 11.9 Å². The summed E-state index contributed by atoms with van der Waals surface area (Å²) in [7, 11) is 0. The van der Waals surface area contributed by atoms with Gasteiger partial charge in [-0.05, 0) is 42.3 Å². The van der Waals surface area contributed by atoms with Crippen molar-refractivity contribution in [3.8, 4) is 5.75 Å². The van der Waals surface area contributed by atoms with E-state index in [-0.39, 0.29) is 6.10 Å². The summed E-state index contributed by atoms with van der Waals surface area (Å²) in [5.74, 6) is 0.882. The molecule has 0 fully saturated rings. The third-order valence-corrected chi connectivity index (χ3v) is 4.36. The SMILES string of the molecule is Cc1cccc(NN=C2CC(c3ccccc3)Oc3ccccc32)c1. The van der Waals surface area contributed by atoms with Crippen LogP contribution in [0, 0.1) is 6.92 Å². The van der Waals surface area contributed by atoms with Gasteiger partial charge in [-0.25, -0.2) is 0 Å². The van der Waals surface area contributed by atoms with E-state index in [1.807, 2.05) is 48.5 Å². The van der Waals surface area contributed by atoms with Gasteiger partial charge in [0, 0.05) is 12.0 Å². The first-order valence-electron chi connectivity index (χ1n) is 8.50. The average molecular weight is 328 g/mol. The normalized spacial score (nSPS) is 17.6. The Morgan fingerprint density at radius 2 is 1.72 bits per heavy atom. The molecule has 3 heteroatoms. The Balaban J connectivity index is 1.66. The summed E-state index contributed by atoms with van der Waals surface area (Å²) in [5, 5.41) is 4.70. The van der Waals surface area contributed by atoms with Gasteiger partial charge < -0.3 is 4.74 Å². The van der Waals surface area contributed by atoms with Gasteiger partial charge >= 0.3 is 0 Å². The third-order valence-electron chi connectivity index (χ3n) is 4.36. The number of rotatable bonds is 3. The van der Waals surface area contributed by atoms with E-state index >= 15 is 0 Å². The Morgan fingerprint density at radius 1 is 0.920 bits per heavy atom. The second-order valence-corrected chi connectivity index (χ2v) is 6.26. The molecule has 1 atom stereocenters. The van der Waals surface area contributed by atoms with Crippen molar-refractivity contribution in [3.05, 3.63) is 95.6 Å². The van der Waals surface area contributed by atoms with Crippen LogP contribution in [0.2, 0.25) is 0 Å². The molecule has 0 saturated heterocycles. The molecule has 0 bridgehead atoms. The molecule has 25 heavy (non-hydrogen) atoms. The van der Waals surface area contributed by atoms with Gasteiger partial charge in [0.25, 0.3) is 0 Å². The molecule has 3 nitrogen and oxygen atoms in total. The Bertz CT molecular complexity index is 903. The number of fused-ring (bicyclic) bond motifs is 1. The quantitative estimate of drug-likeness (QED) is 0.659. The van der Waals surface area contributed by atoms with E-state index in [9.17, 15) is 0 Å². The highest BCUT2D eigenvalue weighted by atomic mass is 16.5. The van der Waals surface area contributed by atoms with E-state index in [0.29, 0.717) is 0 Å². The van der Waals surface area contributed by atoms with Crippen LogP contribution < -0.4 is 10.2 Å². The highest BCUT2D eigenvalue weighted by Gasteiger charge is 2.25. The molecule has 0 radical (unpaired) electrons. The molecule has 4 rings (SSSR count). The summed E-state index contributed by atoms with van der Waals surface area (Å²) in [6, 6.07) is 26.6. The van der Waals surface area contributed by atoms with Crippen LogP contribution in [0.4, 0.5) is 5.69 Å². The molecule has 1 heterocycles. The van der Waals surface area contributed by atoms with Gasteiger partial charge in [-0.15, -0.1) is 0 Å². The molecular weight excluding hydrogens is 308 g/mol. The standard InChI is InChI=1S/C22H20N2O/c1-16-8-7-11-18(14-16)23-24-20-15-22(17-9-3-2-4-10-17)25-21-13-6-5-12-19(20)21/h2-14,22-23H,15H2,1H3. The van der Waals surface area contributed by atoms with Crippen LogP contribution >= 0.6 is 0 Å². The van der Waals surface area contributed by atoms with E-state index in [2.05, 4.69) is 42.7 Å². The van der Waals surface area contributed by atoms with Crippen molar-refractivity contribution in [3.63, 3.8) is 0 Å². The number of hydrogen-bond acceptors (Lipinski definition) is 3. The Labute approximate surface area is 148 Å². The van der Waals surface area contributed by atoms with Crippen LogP contribution in [0.5, 0.6) is 5.75 Å². The molecule has 3 aromatic rings. The molecule has 1 aliphatic rings. The monoisotopic (exact) mass is 328 g/mol. The molecular formula is C22H20N2O. The lowest BCUT2D eigenvalue weighted by atomic mass is 9.96. The Morgan fingerprint density at radius 3 is 2.56 bits per heavy atom. The van der Waals surface area contributed by atoms with E-state index < -0.39 is 0 Å². The molecule has 0 spiro atoms. The zero-order valence-electron chi connectivity index (χ0n) is 14.1. The van der Waals surface area contributed by atoms with Crippen LogP contribution in [0.15, 0.2) is 84.0 Å². The number of hydrazone groups is 1. The zero-order chi connectivity index (χ0) is 17.1. The Hall–Kier alpha value is -3.07. The van der Waals surface area contributed by atoms with Gasteiger partial charge in [-0.2, -0.15) is 5.10 Å². The predicted molar refractivity (Wildman–Crippen MR) is 102 cm³/mol. The molecule has 3 aromatic carbocycles. The van der Waals surface area contributed by atoms with E-state index in [1.165, 1.54) is 11.1 Å². The minimum atomic E-state index is -0.0193. The topological polar surface area (TPSA) is 33.6 Å². The molecule has 0 amide bonds. The zero-order valence-corrected chi connectivity index (χ0v) is 14.1. The summed E-state index contributed by atoms with van der Waals surface area (Å²) < 4.78 is 6.21. The van der Waals surface area contributed by atoms with Crippen molar-refractivity contribution in [2.75, 3.05) is 5.43 Å². The first-order valence-corrected chi connectivity index (χ1v) is 8.50. The molecule has 0 aliphatic carbocycles. The maximum absolute atomic E-state index is 6.21. The average Bonchev–Trinajstić information content (AvgIpc) is 2.66. The summed E-state index contributed by atoms with van der Waals surface area (Å²) >= 11 is 0. The lowest BCUT2D eigenvalue weighted by molar-refractivity contribution is 0.206. The van der Waals surface area contributed by atoms with Gasteiger partial charge in [0.15, 0.2) is 0 Å². The van der Waals surface area contributed by atoms with Crippen molar-refractivity contribution < 1.29 is 4.74 Å². The second kappa shape index (κ2) is 6.81. The van der Waals surface area contributed by atoms with Crippen LogP contribution in [-0.4, -0.2) is 5.71 Å². The minimum absolute atomic E-state index is 0.0193. The smallest absolute Gasteiger partial charge is 0.129 e. The number of hydrogen-bond donors (Lipinski definition) is 1. The van der Waals surface area contributed by atoms with Crippen LogP contribution in [0.25, 0.3) is 0 Å². The van der Waals surface area contributed by atoms with Gasteiger partial charge in [0.2, 0.25) is 0 Å².